The van der Waals surface area contributed by atoms with E-state index in [1.807, 2.05) is 30.3 Å². The number of anilines is 1. The van der Waals surface area contributed by atoms with Crippen LogP contribution in [0.15, 0.2) is 54.6 Å². The number of piperidine rings is 1. The Bertz CT molecular complexity index is 649. The van der Waals surface area contributed by atoms with Crippen molar-refractivity contribution in [3.8, 4) is 0 Å². The summed E-state index contributed by atoms with van der Waals surface area (Å²) >= 11 is 0. The minimum Gasteiger partial charge on any atom is -0.376 e. The molecule has 2 aromatic rings. The standard InChI is InChI=1S/C21H27N3O/c25-21(16-22-20-7-3-1-4-8-20)23-15-18-9-11-19(12-10-18)17-24-13-5-2-6-14-24/h1,3-4,7-12,22H,2,5-6,13-17H2,(H,23,25). The molecular formula is C21H27N3O. The van der Waals surface area contributed by atoms with Crippen molar-refractivity contribution in [2.45, 2.75) is 32.4 Å². The first kappa shape index (κ1) is 17.5. The molecule has 0 aliphatic carbocycles. The lowest BCUT2D eigenvalue weighted by molar-refractivity contribution is -0.119. The Kier molecular flexibility index (Phi) is 6.46. The molecule has 3 rings (SSSR count). The molecule has 25 heavy (non-hydrogen) atoms. The van der Waals surface area contributed by atoms with Crippen molar-refractivity contribution < 1.29 is 4.79 Å². The van der Waals surface area contributed by atoms with Crippen LogP contribution in [0.5, 0.6) is 0 Å². The molecule has 0 unspecified atom stereocenters. The van der Waals surface area contributed by atoms with E-state index in [9.17, 15) is 4.79 Å². The first-order valence-electron chi connectivity index (χ1n) is 9.15. The van der Waals surface area contributed by atoms with Crippen LogP contribution in [-0.2, 0) is 17.9 Å². The first-order valence-corrected chi connectivity index (χ1v) is 9.15. The number of nitrogens with one attached hydrogen (secondary N) is 2. The maximum Gasteiger partial charge on any atom is 0.239 e. The van der Waals surface area contributed by atoms with E-state index in [4.69, 9.17) is 0 Å². The van der Waals surface area contributed by atoms with E-state index >= 15 is 0 Å². The van der Waals surface area contributed by atoms with E-state index in [2.05, 4.69) is 39.8 Å². The van der Waals surface area contributed by atoms with Crippen molar-refractivity contribution in [1.29, 1.82) is 0 Å². The summed E-state index contributed by atoms with van der Waals surface area (Å²) in [6.07, 6.45) is 4.01. The number of amides is 1. The molecule has 0 atom stereocenters. The zero-order valence-corrected chi connectivity index (χ0v) is 14.7. The minimum atomic E-state index is 0.00115. The van der Waals surface area contributed by atoms with Crippen LogP contribution in [0.3, 0.4) is 0 Å². The second kappa shape index (κ2) is 9.23. The van der Waals surface area contributed by atoms with Gasteiger partial charge in [0.05, 0.1) is 6.54 Å². The van der Waals surface area contributed by atoms with Crippen LogP contribution >= 0.6 is 0 Å². The van der Waals surface area contributed by atoms with Crippen molar-refractivity contribution in [1.82, 2.24) is 10.2 Å². The number of rotatable bonds is 7. The van der Waals surface area contributed by atoms with Gasteiger partial charge in [-0.2, -0.15) is 0 Å². The van der Waals surface area contributed by atoms with Crippen molar-refractivity contribution in [3.05, 3.63) is 65.7 Å². The summed E-state index contributed by atoms with van der Waals surface area (Å²) in [5.41, 5.74) is 3.44. The largest absolute Gasteiger partial charge is 0.376 e. The van der Waals surface area contributed by atoms with E-state index in [1.165, 1.54) is 37.9 Å². The number of likely N-dealkylation sites (tertiary alicyclic amines) is 1. The lowest BCUT2D eigenvalue weighted by Crippen LogP contribution is -2.29. The molecule has 0 radical (unpaired) electrons. The fraction of sp³-hybridized carbons (Fsp3) is 0.381. The van der Waals surface area contributed by atoms with Crippen LogP contribution in [0.4, 0.5) is 5.69 Å². The third-order valence-corrected chi connectivity index (χ3v) is 4.59. The Morgan fingerprint density at radius 1 is 0.880 bits per heavy atom. The molecule has 2 N–H and O–H groups in total. The van der Waals surface area contributed by atoms with E-state index in [1.54, 1.807) is 0 Å². The molecule has 2 aromatic carbocycles. The van der Waals surface area contributed by atoms with Crippen LogP contribution in [0.2, 0.25) is 0 Å². The van der Waals surface area contributed by atoms with Crippen molar-refractivity contribution >= 4 is 11.6 Å². The summed E-state index contributed by atoms with van der Waals surface area (Å²) in [6, 6.07) is 18.4. The van der Waals surface area contributed by atoms with Gasteiger partial charge in [-0.15, -0.1) is 0 Å². The van der Waals surface area contributed by atoms with Gasteiger partial charge in [0.2, 0.25) is 5.91 Å². The average molecular weight is 337 g/mol. The second-order valence-corrected chi connectivity index (χ2v) is 6.65. The highest BCUT2D eigenvalue weighted by Crippen LogP contribution is 2.13. The van der Waals surface area contributed by atoms with Crippen LogP contribution in [0.25, 0.3) is 0 Å². The highest BCUT2D eigenvalue weighted by atomic mass is 16.1. The molecule has 1 saturated heterocycles. The van der Waals surface area contributed by atoms with Crippen molar-refractivity contribution in [3.63, 3.8) is 0 Å². The lowest BCUT2D eigenvalue weighted by Gasteiger charge is -2.26. The van der Waals surface area contributed by atoms with Crippen molar-refractivity contribution in [2.75, 3.05) is 25.0 Å². The smallest absolute Gasteiger partial charge is 0.239 e. The van der Waals surface area contributed by atoms with Gasteiger partial charge in [0, 0.05) is 18.8 Å². The van der Waals surface area contributed by atoms with Gasteiger partial charge in [-0.05, 0) is 49.2 Å². The van der Waals surface area contributed by atoms with Crippen LogP contribution in [-0.4, -0.2) is 30.4 Å². The average Bonchev–Trinajstić information content (AvgIpc) is 2.67. The highest BCUT2D eigenvalue weighted by molar-refractivity contribution is 5.80. The maximum absolute atomic E-state index is 11.9. The molecule has 4 nitrogen and oxygen atoms in total. The van der Waals surface area contributed by atoms with Crippen LogP contribution in [0.1, 0.15) is 30.4 Å². The summed E-state index contributed by atoms with van der Waals surface area (Å²) in [5, 5.41) is 6.08. The zero-order chi connectivity index (χ0) is 17.3. The predicted octanol–water partition coefficient (Wildman–Crippen LogP) is 3.40. The SMILES string of the molecule is O=C(CNc1ccccc1)NCc1ccc(CN2CCCCC2)cc1. The first-order chi connectivity index (χ1) is 12.3. The third kappa shape index (κ3) is 5.91. The Morgan fingerprint density at radius 3 is 2.28 bits per heavy atom. The lowest BCUT2D eigenvalue weighted by atomic mass is 10.1. The zero-order valence-electron chi connectivity index (χ0n) is 14.7. The van der Waals surface area contributed by atoms with Gasteiger partial charge < -0.3 is 10.6 Å². The van der Waals surface area contributed by atoms with Gasteiger partial charge in [-0.1, -0.05) is 48.9 Å². The number of hydrogen-bond acceptors (Lipinski definition) is 3. The van der Waals surface area contributed by atoms with Gasteiger partial charge >= 0.3 is 0 Å². The molecule has 0 aromatic heterocycles. The van der Waals surface area contributed by atoms with Gasteiger partial charge in [-0.25, -0.2) is 0 Å². The maximum atomic E-state index is 11.9. The molecule has 4 heteroatoms. The molecule has 0 spiro atoms. The number of hydrogen-bond donors (Lipinski definition) is 2. The molecule has 1 heterocycles. The summed E-state index contributed by atoms with van der Waals surface area (Å²) in [6.45, 7) is 4.32. The molecule has 0 bridgehead atoms. The number of carbonyl (C=O) groups is 1. The van der Waals surface area contributed by atoms with E-state index in [0.29, 0.717) is 6.54 Å². The normalized spacial score (nSPS) is 14.9. The van der Waals surface area contributed by atoms with Crippen molar-refractivity contribution in [2.24, 2.45) is 0 Å². The Labute approximate surface area is 150 Å². The fourth-order valence-electron chi connectivity index (χ4n) is 3.14. The van der Waals surface area contributed by atoms with E-state index in [-0.39, 0.29) is 12.5 Å². The van der Waals surface area contributed by atoms with Gasteiger partial charge in [0.25, 0.3) is 0 Å². The number of nitrogens with zero attached hydrogens (tertiary/aromatic N) is 1. The molecule has 0 saturated carbocycles. The summed E-state index contributed by atoms with van der Waals surface area (Å²) in [4.78, 5) is 14.5. The highest BCUT2D eigenvalue weighted by Gasteiger charge is 2.10. The topological polar surface area (TPSA) is 44.4 Å². The number of benzene rings is 2. The second-order valence-electron chi connectivity index (χ2n) is 6.65. The van der Waals surface area contributed by atoms with Gasteiger partial charge in [-0.3, -0.25) is 9.69 Å². The van der Waals surface area contributed by atoms with Crippen LogP contribution < -0.4 is 10.6 Å². The third-order valence-electron chi connectivity index (χ3n) is 4.59. The molecule has 1 aliphatic heterocycles. The summed E-state index contributed by atoms with van der Waals surface area (Å²) < 4.78 is 0. The molecular weight excluding hydrogens is 310 g/mol. The number of carbonyl (C=O) groups excluding carboxylic acids is 1. The van der Waals surface area contributed by atoms with Crippen LogP contribution in [0, 0.1) is 0 Å². The monoisotopic (exact) mass is 337 g/mol. The Morgan fingerprint density at radius 2 is 1.56 bits per heavy atom. The quantitative estimate of drug-likeness (QED) is 0.814. The summed E-state index contributed by atoms with van der Waals surface area (Å²) in [5.74, 6) is 0.00115. The minimum absolute atomic E-state index is 0.00115. The fourth-order valence-corrected chi connectivity index (χ4v) is 3.14. The van der Waals surface area contributed by atoms with E-state index in [0.717, 1.165) is 17.8 Å². The number of para-hydroxylation sites is 1. The Hall–Kier alpha value is -2.33. The van der Waals surface area contributed by atoms with E-state index < -0.39 is 0 Å². The molecule has 132 valence electrons. The summed E-state index contributed by atoms with van der Waals surface area (Å²) in [7, 11) is 0. The molecule has 1 fully saturated rings. The molecule has 1 aliphatic rings. The van der Waals surface area contributed by atoms with Gasteiger partial charge in [0.1, 0.15) is 0 Å². The molecule has 1 amide bonds. The van der Waals surface area contributed by atoms with Gasteiger partial charge in [0.15, 0.2) is 0 Å². The predicted molar refractivity (Wildman–Crippen MR) is 102 cm³/mol. The Balaban J connectivity index is 1.39.